The molecule has 0 aliphatic carbocycles. The average molecular weight is 255 g/mol. The fourth-order valence-electron chi connectivity index (χ4n) is 1.13. The van der Waals surface area contributed by atoms with Gasteiger partial charge < -0.3 is 0 Å². The Bertz CT molecular complexity index is 412. The number of carbonyl (C=O) groups is 1. The number of alkyl halides is 4. The van der Waals surface area contributed by atoms with Gasteiger partial charge in [0.25, 0.3) is 0 Å². The molecular formula is C10H7ClF4O. The van der Waals surface area contributed by atoms with E-state index < -0.39 is 28.7 Å². The van der Waals surface area contributed by atoms with E-state index in [0.717, 1.165) is 6.07 Å². The summed E-state index contributed by atoms with van der Waals surface area (Å²) in [5.41, 5.74) is -1.72. The molecule has 0 saturated heterocycles. The molecule has 88 valence electrons. The summed E-state index contributed by atoms with van der Waals surface area (Å²) in [6, 6.07) is 2.05. The lowest BCUT2D eigenvalue weighted by Gasteiger charge is -2.10. The molecule has 0 amide bonds. The Hall–Kier alpha value is -1.10. The van der Waals surface area contributed by atoms with Crippen molar-refractivity contribution in [2.45, 2.75) is 18.5 Å². The van der Waals surface area contributed by atoms with Crippen molar-refractivity contribution in [1.29, 1.82) is 0 Å². The summed E-state index contributed by atoms with van der Waals surface area (Å²) in [6.07, 6.45) is -4.82. The fraction of sp³-hybridized carbons (Fsp3) is 0.300. The van der Waals surface area contributed by atoms with Crippen LogP contribution in [0.4, 0.5) is 17.6 Å². The molecule has 1 rings (SSSR count). The van der Waals surface area contributed by atoms with Gasteiger partial charge in [0.1, 0.15) is 5.82 Å². The van der Waals surface area contributed by atoms with Crippen LogP contribution in [0.5, 0.6) is 0 Å². The predicted octanol–water partition coefficient (Wildman–Crippen LogP) is 3.65. The van der Waals surface area contributed by atoms with E-state index in [-0.39, 0.29) is 5.56 Å². The van der Waals surface area contributed by atoms with E-state index in [9.17, 15) is 22.4 Å². The first-order valence-electron chi connectivity index (χ1n) is 4.28. The topological polar surface area (TPSA) is 17.1 Å². The fourth-order valence-corrected chi connectivity index (χ4v) is 1.25. The first-order chi connectivity index (χ1) is 7.23. The van der Waals surface area contributed by atoms with Crippen LogP contribution in [0.2, 0.25) is 0 Å². The Balaban J connectivity index is 3.23. The zero-order chi connectivity index (χ0) is 12.5. The van der Waals surface area contributed by atoms with E-state index in [1.165, 1.54) is 6.92 Å². The monoisotopic (exact) mass is 254 g/mol. The summed E-state index contributed by atoms with van der Waals surface area (Å²) >= 11 is 5.44. The normalized spacial score (nSPS) is 13.6. The summed E-state index contributed by atoms with van der Waals surface area (Å²) < 4.78 is 49.8. The van der Waals surface area contributed by atoms with Crippen LogP contribution in [0, 0.1) is 5.82 Å². The van der Waals surface area contributed by atoms with Gasteiger partial charge in [0.05, 0.1) is 10.9 Å². The molecule has 1 atom stereocenters. The maximum Gasteiger partial charge on any atom is 0.419 e. The van der Waals surface area contributed by atoms with Crippen LogP contribution >= 0.6 is 11.6 Å². The van der Waals surface area contributed by atoms with Gasteiger partial charge in [-0.25, -0.2) is 4.39 Å². The second-order valence-electron chi connectivity index (χ2n) is 3.17. The standard InChI is InChI=1S/C10H7ClF4O/c1-5(11)9(16)6-2-3-8(12)7(4-6)10(13,14)15/h2-5H,1H3. The van der Waals surface area contributed by atoms with E-state index in [0.29, 0.717) is 12.1 Å². The molecule has 0 aliphatic rings. The van der Waals surface area contributed by atoms with Gasteiger partial charge in [-0.3, -0.25) is 4.79 Å². The Labute approximate surface area is 94.0 Å². The van der Waals surface area contributed by atoms with Gasteiger partial charge in [0, 0.05) is 5.56 Å². The molecule has 0 spiro atoms. The van der Waals surface area contributed by atoms with Crippen molar-refractivity contribution in [2.75, 3.05) is 0 Å². The predicted molar refractivity (Wildman–Crippen MR) is 51.0 cm³/mol. The Morgan fingerprint density at radius 2 is 1.94 bits per heavy atom. The van der Waals surface area contributed by atoms with E-state index in [4.69, 9.17) is 11.6 Å². The van der Waals surface area contributed by atoms with E-state index >= 15 is 0 Å². The van der Waals surface area contributed by atoms with Crippen LogP contribution < -0.4 is 0 Å². The van der Waals surface area contributed by atoms with E-state index in [1.54, 1.807) is 0 Å². The number of hydrogen-bond acceptors (Lipinski definition) is 1. The van der Waals surface area contributed by atoms with Gasteiger partial charge in [-0.2, -0.15) is 13.2 Å². The molecule has 16 heavy (non-hydrogen) atoms. The third kappa shape index (κ3) is 2.72. The van der Waals surface area contributed by atoms with Crippen LogP contribution in [0.3, 0.4) is 0 Å². The Morgan fingerprint density at radius 1 is 1.38 bits per heavy atom. The summed E-state index contributed by atoms with van der Waals surface area (Å²) in [5, 5.41) is -0.952. The van der Waals surface area contributed by atoms with Gasteiger partial charge in [-0.1, -0.05) is 0 Å². The van der Waals surface area contributed by atoms with Crippen molar-refractivity contribution in [3.8, 4) is 0 Å². The number of ketones is 1. The molecule has 1 aromatic carbocycles. The molecule has 0 N–H and O–H groups in total. The lowest BCUT2D eigenvalue weighted by molar-refractivity contribution is -0.140. The summed E-state index contributed by atoms with van der Waals surface area (Å²) in [6.45, 7) is 1.33. The third-order valence-electron chi connectivity index (χ3n) is 1.92. The van der Waals surface area contributed by atoms with Gasteiger partial charge >= 0.3 is 6.18 Å². The molecule has 0 bridgehead atoms. The third-order valence-corrected chi connectivity index (χ3v) is 2.12. The van der Waals surface area contributed by atoms with Crippen LogP contribution in [-0.2, 0) is 6.18 Å². The lowest BCUT2D eigenvalue weighted by atomic mass is 10.0. The lowest BCUT2D eigenvalue weighted by Crippen LogP contribution is -2.14. The van der Waals surface area contributed by atoms with Crippen LogP contribution in [0.25, 0.3) is 0 Å². The first-order valence-corrected chi connectivity index (χ1v) is 4.72. The zero-order valence-corrected chi connectivity index (χ0v) is 8.86. The molecule has 6 heteroatoms. The van der Waals surface area contributed by atoms with Crippen molar-refractivity contribution >= 4 is 17.4 Å². The minimum Gasteiger partial charge on any atom is -0.293 e. The summed E-state index contributed by atoms with van der Waals surface area (Å²) in [4.78, 5) is 11.3. The van der Waals surface area contributed by atoms with Crippen LogP contribution in [-0.4, -0.2) is 11.2 Å². The van der Waals surface area contributed by atoms with Crippen molar-refractivity contribution in [1.82, 2.24) is 0 Å². The van der Waals surface area contributed by atoms with Crippen LogP contribution in [0.15, 0.2) is 18.2 Å². The van der Waals surface area contributed by atoms with Crippen molar-refractivity contribution in [3.05, 3.63) is 35.1 Å². The number of hydrogen-bond donors (Lipinski definition) is 0. The smallest absolute Gasteiger partial charge is 0.293 e. The highest BCUT2D eigenvalue weighted by molar-refractivity contribution is 6.33. The highest BCUT2D eigenvalue weighted by Gasteiger charge is 2.34. The molecule has 0 heterocycles. The largest absolute Gasteiger partial charge is 0.419 e. The second-order valence-corrected chi connectivity index (χ2v) is 3.83. The number of benzene rings is 1. The SMILES string of the molecule is CC(Cl)C(=O)c1ccc(F)c(C(F)(F)F)c1. The van der Waals surface area contributed by atoms with E-state index in [2.05, 4.69) is 0 Å². The molecule has 0 aliphatic heterocycles. The number of rotatable bonds is 2. The number of Topliss-reactive ketones (excluding diaryl/α,β-unsaturated/α-hetero) is 1. The quantitative estimate of drug-likeness (QED) is 0.447. The molecule has 0 saturated carbocycles. The molecular weight excluding hydrogens is 248 g/mol. The van der Waals surface area contributed by atoms with Gasteiger partial charge in [-0.05, 0) is 25.1 Å². The second kappa shape index (κ2) is 4.41. The highest BCUT2D eigenvalue weighted by atomic mass is 35.5. The Morgan fingerprint density at radius 3 is 2.38 bits per heavy atom. The molecule has 1 aromatic rings. The maximum absolute atomic E-state index is 12.9. The minimum absolute atomic E-state index is 0.253. The number of carbonyl (C=O) groups excluding carboxylic acids is 1. The summed E-state index contributed by atoms with van der Waals surface area (Å²) in [7, 11) is 0. The van der Waals surface area contributed by atoms with Crippen molar-refractivity contribution < 1.29 is 22.4 Å². The highest BCUT2D eigenvalue weighted by Crippen LogP contribution is 2.32. The minimum atomic E-state index is -4.82. The van der Waals surface area contributed by atoms with Gasteiger partial charge in [-0.15, -0.1) is 11.6 Å². The Kier molecular flexibility index (Phi) is 3.57. The van der Waals surface area contributed by atoms with Crippen molar-refractivity contribution in [3.63, 3.8) is 0 Å². The van der Waals surface area contributed by atoms with Gasteiger partial charge in [0.2, 0.25) is 0 Å². The zero-order valence-electron chi connectivity index (χ0n) is 8.11. The van der Waals surface area contributed by atoms with Crippen molar-refractivity contribution in [2.24, 2.45) is 0 Å². The molecule has 0 fully saturated rings. The number of halogens is 5. The van der Waals surface area contributed by atoms with Gasteiger partial charge in [0.15, 0.2) is 5.78 Å². The van der Waals surface area contributed by atoms with Crippen LogP contribution in [0.1, 0.15) is 22.8 Å². The first kappa shape index (κ1) is 13.0. The molecule has 0 radical (unpaired) electrons. The summed E-state index contributed by atoms with van der Waals surface area (Å²) in [5.74, 6) is -2.08. The molecule has 1 nitrogen and oxygen atoms in total. The van der Waals surface area contributed by atoms with E-state index in [1.807, 2.05) is 0 Å². The molecule has 0 aromatic heterocycles. The maximum atomic E-state index is 12.9. The molecule has 1 unspecified atom stereocenters. The average Bonchev–Trinajstić information content (AvgIpc) is 2.15.